The van der Waals surface area contributed by atoms with Crippen molar-refractivity contribution in [1.29, 1.82) is 0 Å². The molecule has 146 valence electrons. The zero-order valence-corrected chi connectivity index (χ0v) is 17.8. The van der Waals surface area contributed by atoms with Crippen LogP contribution < -0.4 is 5.32 Å². The SMILES string of the molecule is CCOC(c1ccc(Cl)c(NCc2ccccc2)c1)C1(C(C)(C)C)CCC1. The third kappa shape index (κ3) is 4.17. The van der Waals surface area contributed by atoms with E-state index in [1.807, 2.05) is 12.1 Å². The summed E-state index contributed by atoms with van der Waals surface area (Å²) in [6, 6.07) is 16.7. The lowest BCUT2D eigenvalue weighted by Gasteiger charge is -2.56. The highest BCUT2D eigenvalue weighted by atomic mass is 35.5. The highest BCUT2D eigenvalue weighted by Crippen LogP contribution is 2.62. The molecule has 3 rings (SSSR count). The van der Waals surface area contributed by atoms with E-state index in [4.69, 9.17) is 16.3 Å². The highest BCUT2D eigenvalue weighted by Gasteiger charge is 2.53. The molecule has 0 radical (unpaired) electrons. The average molecular weight is 386 g/mol. The van der Waals surface area contributed by atoms with Gasteiger partial charge in [0, 0.05) is 18.6 Å². The lowest BCUT2D eigenvalue weighted by molar-refractivity contribution is -0.142. The smallest absolute Gasteiger partial charge is 0.0886 e. The van der Waals surface area contributed by atoms with Gasteiger partial charge in [0.2, 0.25) is 0 Å². The van der Waals surface area contributed by atoms with Crippen molar-refractivity contribution in [3.05, 3.63) is 64.7 Å². The van der Waals surface area contributed by atoms with Gasteiger partial charge in [0.05, 0.1) is 16.8 Å². The molecule has 27 heavy (non-hydrogen) atoms. The molecule has 1 saturated carbocycles. The van der Waals surface area contributed by atoms with E-state index in [9.17, 15) is 0 Å². The molecule has 2 nitrogen and oxygen atoms in total. The van der Waals surface area contributed by atoms with Crippen molar-refractivity contribution in [2.45, 2.75) is 59.6 Å². The van der Waals surface area contributed by atoms with Crippen molar-refractivity contribution in [2.75, 3.05) is 11.9 Å². The van der Waals surface area contributed by atoms with Crippen LogP contribution in [0.5, 0.6) is 0 Å². The molecular weight excluding hydrogens is 354 g/mol. The molecule has 0 bridgehead atoms. The lowest BCUT2D eigenvalue weighted by atomic mass is 9.51. The molecule has 2 aromatic carbocycles. The summed E-state index contributed by atoms with van der Waals surface area (Å²) >= 11 is 6.49. The Balaban J connectivity index is 1.88. The minimum Gasteiger partial charge on any atom is -0.380 e. The summed E-state index contributed by atoms with van der Waals surface area (Å²) in [7, 11) is 0. The van der Waals surface area contributed by atoms with E-state index in [-0.39, 0.29) is 16.9 Å². The van der Waals surface area contributed by atoms with Gasteiger partial charge in [0.15, 0.2) is 0 Å². The Morgan fingerprint density at radius 1 is 1.11 bits per heavy atom. The largest absolute Gasteiger partial charge is 0.380 e. The van der Waals surface area contributed by atoms with Gasteiger partial charge in [0.1, 0.15) is 0 Å². The van der Waals surface area contributed by atoms with E-state index in [0.29, 0.717) is 0 Å². The molecular formula is C24H32ClNO. The quantitative estimate of drug-likeness (QED) is 0.542. The summed E-state index contributed by atoms with van der Waals surface area (Å²) in [5, 5.41) is 4.26. The number of hydrogen-bond acceptors (Lipinski definition) is 2. The Kier molecular flexibility index (Phi) is 6.18. The number of nitrogens with one attached hydrogen (secondary N) is 1. The van der Waals surface area contributed by atoms with Crippen LogP contribution in [0.1, 0.15) is 64.2 Å². The van der Waals surface area contributed by atoms with E-state index >= 15 is 0 Å². The minimum atomic E-state index is 0.103. The maximum Gasteiger partial charge on any atom is 0.0886 e. The molecule has 1 unspecified atom stereocenters. The predicted octanol–water partition coefficient (Wildman–Crippen LogP) is 7.25. The molecule has 1 aliphatic rings. The van der Waals surface area contributed by atoms with Crippen LogP contribution in [-0.2, 0) is 11.3 Å². The van der Waals surface area contributed by atoms with Gasteiger partial charge in [-0.3, -0.25) is 0 Å². The Hall–Kier alpha value is -1.51. The fourth-order valence-corrected chi connectivity index (χ4v) is 4.52. The van der Waals surface area contributed by atoms with Crippen molar-refractivity contribution < 1.29 is 4.74 Å². The molecule has 0 aliphatic heterocycles. The predicted molar refractivity (Wildman–Crippen MR) is 115 cm³/mol. The lowest BCUT2D eigenvalue weighted by Crippen LogP contribution is -2.47. The number of rotatable bonds is 7. The van der Waals surface area contributed by atoms with Crippen LogP contribution in [0.15, 0.2) is 48.5 Å². The van der Waals surface area contributed by atoms with Gasteiger partial charge < -0.3 is 10.1 Å². The zero-order chi connectivity index (χ0) is 19.5. The first-order valence-electron chi connectivity index (χ1n) is 10.1. The zero-order valence-electron chi connectivity index (χ0n) is 17.0. The van der Waals surface area contributed by atoms with E-state index < -0.39 is 0 Å². The standard InChI is InChI=1S/C24H32ClNO/c1-5-27-22(24(14-9-15-24)23(2,3)4)19-12-13-20(25)21(16-19)26-17-18-10-7-6-8-11-18/h6-8,10-13,16,22,26H,5,9,14-15,17H2,1-4H3. The Bertz CT molecular complexity index is 747. The third-order valence-corrected chi connectivity index (χ3v) is 6.52. The van der Waals surface area contributed by atoms with Crippen molar-refractivity contribution in [3.8, 4) is 0 Å². The fraction of sp³-hybridized carbons (Fsp3) is 0.500. The van der Waals surface area contributed by atoms with Gasteiger partial charge in [0.25, 0.3) is 0 Å². The van der Waals surface area contributed by atoms with Crippen LogP contribution in [0.3, 0.4) is 0 Å². The molecule has 1 N–H and O–H groups in total. The molecule has 0 amide bonds. The molecule has 2 aromatic rings. The fourth-order valence-electron chi connectivity index (χ4n) is 4.34. The average Bonchev–Trinajstić information content (AvgIpc) is 2.59. The molecule has 1 fully saturated rings. The minimum absolute atomic E-state index is 0.103. The van der Waals surface area contributed by atoms with Crippen LogP contribution in [-0.4, -0.2) is 6.61 Å². The Morgan fingerprint density at radius 3 is 2.37 bits per heavy atom. The highest BCUT2D eigenvalue weighted by molar-refractivity contribution is 6.33. The second-order valence-electron chi connectivity index (χ2n) is 8.67. The van der Waals surface area contributed by atoms with Crippen LogP contribution >= 0.6 is 11.6 Å². The van der Waals surface area contributed by atoms with Crippen molar-refractivity contribution in [2.24, 2.45) is 10.8 Å². The van der Waals surface area contributed by atoms with Gasteiger partial charge >= 0.3 is 0 Å². The van der Waals surface area contributed by atoms with Crippen LogP contribution in [0, 0.1) is 10.8 Å². The number of anilines is 1. The molecule has 1 atom stereocenters. The van der Waals surface area contributed by atoms with Gasteiger partial charge in [-0.25, -0.2) is 0 Å². The number of halogens is 1. The monoisotopic (exact) mass is 385 g/mol. The van der Waals surface area contributed by atoms with Crippen molar-refractivity contribution in [1.82, 2.24) is 0 Å². The third-order valence-electron chi connectivity index (χ3n) is 6.19. The Morgan fingerprint density at radius 2 is 1.81 bits per heavy atom. The number of benzene rings is 2. The van der Waals surface area contributed by atoms with E-state index in [1.54, 1.807) is 0 Å². The van der Waals surface area contributed by atoms with Gasteiger partial charge in [-0.15, -0.1) is 0 Å². The maximum atomic E-state index is 6.49. The van der Waals surface area contributed by atoms with Crippen LogP contribution in [0.25, 0.3) is 0 Å². The van der Waals surface area contributed by atoms with Gasteiger partial charge in [-0.1, -0.05) is 75.2 Å². The normalized spacial score (nSPS) is 17.2. The van der Waals surface area contributed by atoms with Crippen LogP contribution in [0.4, 0.5) is 5.69 Å². The molecule has 1 aliphatic carbocycles. The Labute approximate surface area is 169 Å². The van der Waals surface area contributed by atoms with E-state index in [1.165, 1.54) is 30.4 Å². The molecule has 0 saturated heterocycles. The maximum absolute atomic E-state index is 6.49. The second kappa shape index (κ2) is 8.24. The number of hydrogen-bond donors (Lipinski definition) is 1. The first-order chi connectivity index (χ1) is 12.9. The summed E-state index contributed by atoms with van der Waals surface area (Å²) in [5.74, 6) is 0. The first kappa shape index (κ1) is 20.2. The van der Waals surface area contributed by atoms with E-state index in [2.05, 4.69) is 69.4 Å². The molecule has 0 heterocycles. The summed E-state index contributed by atoms with van der Waals surface area (Å²) in [6.07, 6.45) is 3.83. The van der Waals surface area contributed by atoms with Gasteiger partial charge in [-0.05, 0) is 48.4 Å². The summed E-state index contributed by atoms with van der Waals surface area (Å²) in [6.45, 7) is 10.6. The molecule has 3 heteroatoms. The summed E-state index contributed by atoms with van der Waals surface area (Å²) < 4.78 is 6.35. The van der Waals surface area contributed by atoms with Gasteiger partial charge in [-0.2, -0.15) is 0 Å². The van der Waals surface area contributed by atoms with E-state index in [0.717, 1.165) is 23.9 Å². The van der Waals surface area contributed by atoms with Crippen molar-refractivity contribution >= 4 is 17.3 Å². The molecule has 0 spiro atoms. The topological polar surface area (TPSA) is 21.3 Å². The first-order valence-corrected chi connectivity index (χ1v) is 10.4. The van der Waals surface area contributed by atoms with Crippen molar-refractivity contribution in [3.63, 3.8) is 0 Å². The van der Waals surface area contributed by atoms with Crippen LogP contribution in [0.2, 0.25) is 5.02 Å². The summed E-state index contributed by atoms with van der Waals surface area (Å²) in [4.78, 5) is 0. The molecule has 0 aromatic heterocycles. The second-order valence-corrected chi connectivity index (χ2v) is 9.08. The summed E-state index contributed by atoms with van der Waals surface area (Å²) in [5.41, 5.74) is 3.83. The number of ether oxygens (including phenoxy) is 1.